The van der Waals surface area contributed by atoms with Crippen LogP contribution in [-0.2, 0) is 4.79 Å². The molecule has 0 aliphatic carbocycles. The minimum Gasteiger partial charge on any atom is -1.00 e. The summed E-state index contributed by atoms with van der Waals surface area (Å²) in [6.45, 7) is 7.79. The van der Waals surface area contributed by atoms with E-state index in [1.165, 1.54) is 0 Å². The Bertz CT molecular complexity index is 103. The molecular formula is C7H16N2OSr. The predicted octanol–water partition coefficient (Wildman–Crippen LogP) is -0.332. The van der Waals surface area contributed by atoms with Crippen molar-refractivity contribution >= 4 is 51.4 Å². The molecule has 0 heterocycles. The third kappa shape index (κ3) is 13.7. The Morgan fingerprint density at radius 3 is 2.55 bits per heavy atom. The Balaban J connectivity index is -0.000000405. The SMILES string of the molecule is [CH2-]C(=O)NCCNCCC.[H-].[Sr+2]. The zero-order chi connectivity index (χ0) is 7.82. The van der Waals surface area contributed by atoms with Crippen LogP contribution in [0.4, 0.5) is 0 Å². The summed E-state index contributed by atoms with van der Waals surface area (Å²) in [4.78, 5) is 10.2. The fourth-order valence-corrected chi connectivity index (χ4v) is 0.592. The van der Waals surface area contributed by atoms with Crippen molar-refractivity contribution in [2.75, 3.05) is 19.6 Å². The number of carbonyl (C=O) groups excluding carboxylic acids is 1. The summed E-state index contributed by atoms with van der Waals surface area (Å²) in [6, 6.07) is 0. The molecule has 0 saturated heterocycles. The molecule has 0 aliphatic rings. The molecular weight excluding hydrogens is 216 g/mol. The minimum absolute atomic E-state index is 0. The van der Waals surface area contributed by atoms with Crippen molar-refractivity contribution in [2.45, 2.75) is 13.3 Å². The summed E-state index contributed by atoms with van der Waals surface area (Å²) in [6.07, 6.45) is 1.12. The van der Waals surface area contributed by atoms with Crippen molar-refractivity contribution in [3.05, 3.63) is 6.92 Å². The molecule has 0 unspecified atom stereocenters. The normalized spacial score (nSPS) is 8.45. The summed E-state index contributed by atoms with van der Waals surface area (Å²) in [5, 5.41) is 5.74. The number of nitrogens with one attached hydrogen (secondary N) is 2. The maximum absolute atomic E-state index is 10.2. The Kier molecular flexibility index (Phi) is 14.0. The van der Waals surface area contributed by atoms with Crippen molar-refractivity contribution in [3.8, 4) is 0 Å². The van der Waals surface area contributed by atoms with E-state index < -0.39 is 0 Å². The second kappa shape index (κ2) is 10.8. The molecule has 0 saturated carbocycles. The van der Waals surface area contributed by atoms with E-state index >= 15 is 0 Å². The first-order chi connectivity index (χ1) is 4.77. The van der Waals surface area contributed by atoms with Gasteiger partial charge in [0.15, 0.2) is 0 Å². The van der Waals surface area contributed by atoms with Gasteiger partial charge in [-0.25, -0.2) is 0 Å². The van der Waals surface area contributed by atoms with E-state index in [1.807, 2.05) is 0 Å². The average molecular weight is 232 g/mol. The second-order valence-electron chi connectivity index (χ2n) is 2.10. The number of carbonyl (C=O) groups is 1. The van der Waals surface area contributed by atoms with Crippen LogP contribution in [-0.4, -0.2) is 71.0 Å². The van der Waals surface area contributed by atoms with Gasteiger partial charge in [0.2, 0.25) is 0 Å². The van der Waals surface area contributed by atoms with Gasteiger partial charge < -0.3 is 23.8 Å². The summed E-state index contributed by atoms with van der Waals surface area (Å²) in [5.74, 6) is -0.210. The standard InChI is InChI=1S/C7H15N2O.Sr.H/c1-3-4-8-5-6-9-7(2)10;;/h8H,2-6H2,1H3,(H,9,10);;/q-1;+2;-1. The van der Waals surface area contributed by atoms with Gasteiger partial charge in [-0.3, -0.25) is 0 Å². The average Bonchev–Trinajstić information content (AvgIpc) is 1.87. The van der Waals surface area contributed by atoms with Crippen LogP contribution in [0, 0.1) is 6.92 Å². The van der Waals surface area contributed by atoms with Gasteiger partial charge >= 0.3 is 45.5 Å². The van der Waals surface area contributed by atoms with Crippen LogP contribution in [0.1, 0.15) is 14.8 Å². The topological polar surface area (TPSA) is 41.1 Å². The van der Waals surface area contributed by atoms with E-state index in [0.717, 1.165) is 19.5 Å². The van der Waals surface area contributed by atoms with Gasteiger partial charge in [0.05, 0.1) is 5.91 Å². The van der Waals surface area contributed by atoms with Crippen molar-refractivity contribution in [1.29, 1.82) is 0 Å². The van der Waals surface area contributed by atoms with E-state index in [9.17, 15) is 4.79 Å². The zero-order valence-corrected chi connectivity index (χ0v) is 10.6. The molecule has 11 heavy (non-hydrogen) atoms. The van der Waals surface area contributed by atoms with Crippen LogP contribution in [0.2, 0.25) is 0 Å². The maximum Gasteiger partial charge on any atom is 2.00 e. The molecule has 0 aliphatic heterocycles. The molecule has 0 rings (SSSR count). The van der Waals surface area contributed by atoms with Crippen LogP contribution in [0.25, 0.3) is 0 Å². The Morgan fingerprint density at radius 2 is 2.09 bits per heavy atom. The Labute approximate surface area is 107 Å². The van der Waals surface area contributed by atoms with Crippen LogP contribution in [0.5, 0.6) is 0 Å². The summed E-state index contributed by atoms with van der Waals surface area (Å²) in [7, 11) is 0. The van der Waals surface area contributed by atoms with Gasteiger partial charge in [0, 0.05) is 13.1 Å². The molecule has 3 nitrogen and oxygen atoms in total. The molecule has 0 radical (unpaired) electrons. The molecule has 0 aromatic heterocycles. The predicted molar refractivity (Wildman–Crippen MR) is 48.4 cm³/mol. The van der Waals surface area contributed by atoms with Crippen LogP contribution < -0.4 is 10.6 Å². The molecule has 0 fully saturated rings. The molecule has 0 bridgehead atoms. The summed E-state index contributed by atoms with van der Waals surface area (Å²) >= 11 is 0. The van der Waals surface area contributed by atoms with Crippen LogP contribution in [0.15, 0.2) is 0 Å². The first kappa shape index (κ1) is 14.3. The van der Waals surface area contributed by atoms with Gasteiger partial charge in [-0.15, -0.1) is 0 Å². The van der Waals surface area contributed by atoms with E-state index in [0.29, 0.717) is 6.54 Å². The Hall–Kier alpha value is 0.781. The molecule has 0 aromatic carbocycles. The fraction of sp³-hybridized carbons (Fsp3) is 0.714. The summed E-state index contributed by atoms with van der Waals surface area (Å²) < 4.78 is 0. The van der Waals surface area contributed by atoms with Gasteiger partial charge in [-0.2, -0.15) is 0 Å². The monoisotopic (exact) mass is 232 g/mol. The number of hydrogen-bond acceptors (Lipinski definition) is 2. The van der Waals surface area contributed by atoms with E-state index in [-0.39, 0.29) is 52.8 Å². The smallest absolute Gasteiger partial charge is 1.00 e. The third-order valence-corrected chi connectivity index (χ3v) is 1.05. The number of hydrogen-bond donors (Lipinski definition) is 2. The van der Waals surface area contributed by atoms with Gasteiger partial charge in [0.25, 0.3) is 0 Å². The second-order valence-corrected chi connectivity index (χ2v) is 2.10. The molecule has 4 heteroatoms. The fourth-order valence-electron chi connectivity index (χ4n) is 0.592. The van der Waals surface area contributed by atoms with Gasteiger partial charge in [0.1, 0.15) is 0 Å². The van der Waals surface area contributed by atoms with Gasteiger partial charge in [-0.05, 0) is 13.0 Å². The van der Waals surface area contributed by atoms with E-state index in [1.54, 1.807) is 0 Å². The van der Waals surface area contributed by atoms with Crippen molar-refractivity contribution in [1.82, 2.24) is 10.6 Å². The maximum atomic E-state index is 10.2. The number of rotatable bonds is 5. The van der Waals surface area contributed by atoms with E-state index in [4.69, 9.17) is 0 Å². The summed E-state index contributed by atoms with van der Waals surface area (Å²) in [5.41, 5.74) is 0. The van der Waals surface area contributed by atoms with Gasteiger partial charge in [-0.1, -0.05) is 6.92 Å². The first-order valence-electron chi connectivity index (χ1n) is 3.58. The van der Waals surface area contributed by atoms with Crippen LogP contribution in [0.3, 0.4) is 0 Å². The third-order valence-electron chi connectivity index (χ3n) is 1.05. The zero-order valence-electron chi connectivity index (χ0n) is 8.15. The molecule has 1 amide bonds. The molecule has 62 valence electrons. The number of amides is 1. The first-order valence-corrected chi connectivity index (χ1v) is 3.58. The van der Waals surface area contributed by atoms with Crippen molar-refractivity contribution < 1.29 is 6.22 Å². The molecule has 0 aromatic rings. The molecule has 0 spiro atoms. The van der Waals surface area contributed by atoms with E-state index in [2.05, 4.69) is 24.5 Å². The quantitative estimate of drug-likeness (QED) is 0.387. The molecule has 2 N–H and O–H groups in total. The van der Waals surface area contributed by atoms with Crippen molar-refractivity contribution in [2.24, 2.45) is 0 Å². The largest absolute Gasteiger partial charge is 2.00 e. The van der Waals surface area contributed by atoms with Crippen molar-refractivity contribution in [3.63, 3.8) is 0 Å². The Morgan fingerprint density at radius 1 is 1.45 bits per heavy atom. The molecule has 0 atom stereocenters. The minimum atomic E-state index is -0.210. The van der Waals surface area contributed by atoms with Crippen LogP contribution >= 0.6 is 0 Å².